The first-order valence-electron chi connectivity index (χ1n) is 4.06. The van der Waals surface area contributed by atoms with Crippen LogP contribution >= 0.6 is 0 Å². The molecule has 14 heavy (non-hydrogen) atoms. The predicted octanol–water partition coefficient (Wildman–Crippen LogP) is 0.310. The molecule has 0 saturated heterocycles. The zero-order valence-electron chi connectivity index (χ0n) is 8.12. The minimum atomic E-state index is -0.338. The van der Waals surface area contributed by atoms with E-state index in [0.717, 1.165) is 0 Å². The summed E-state index contributed by atoms with van der Waals surface area (Å²) in [5.74, 6) is 0.548. The molecule has 0 aliphatic carbocycles. The zero-order chi connectivity index (χ0) is 10.4. The number of aromatic nitrogens is 2. The van der Waals surface area contributed by atoms with Crippen molar-refractivity contribution in [3.8, 4) is 0 Å². The van der Waals surface area contributed by atoms with E-state index in [4.69, 9.17) is 14.7 Å². The molecule has 0 aromatic carbocycles. The Bertz CT molecular complexity index is 294. The van der Waals surface area contributed by atoms with Crippen LogP contribution in [0.4, 0.5) is 0 Å². The molecule has 1 N–H and O–H groups in total. The molecule has 0 unspecified atom stereocenters. The summed E-state index contributed by atoms with van der Waals surface area (Å²) < 4.78 is 11.8. The lowest BCUT2D eigenvalue weighted by Crippen LogP contribution is -2.21. The largest absolute Gasteiger partial charge is 0.411 e. The number of imidazole rings is 1. The molecule has 0 atom stereocenters. The van der Waals surface area contributed by atoms with Gasteiger partial charge >= 0.3 is 0 Å². The molecule has 0 spiro atoms. The van der Waals surface area contributed by atoms with Crippen LogP contribution < -0.4 is 0 Å². The number of oxime groups is 1. The van der Waals surface area contributed by atoms with Crippen molar-refractivity contribution in [3.05, 3.63) is 18.2 Å². The predicted molar refractivity (Wildman–Crippen MR) is 49.4 cm³/mol. The smallest absolute Gasteiger partial charge is 0.174 e. The highest BCUT2D eigenvalue weighted by atomic mass is 16.7. The van der Waals surface area contributed by atoms with Crippen molar-refractivity contribution in [1.82, 2.24) is 9.55 Å². The van der Waals surface area contributed by atoms with Crippen LogP contribution in [0.1, 0.15) is 5.82 Å². The minimum Gasteiger partial charge on any atom is -0.411 e. The Labute approximate surface area is 81.8 Å². The summed E-state index contributed by atoms with van der Waals surface area (Å²) in [5.41, 5.74) is 0. The third-order valence-corrected chi connectivity index (χ3v) is 1.79. The Morgan fingerprint density at radius 1 is 1.64 bits per heavy atom. The van der Waals surface area contributed by atoms with Crippen LogP contribution in [0.3, 0.4) is 0 Å². The summed E-state index contributed by atoms with van der Waals surface area (Å²) in [7, 11) is 3.12. The summed E-state index contributed by atoms with van der Waals surface area (Å²) in [6, 6.07) is 0. The Hall–Kier alpha value is -1.40. The van der Waals surface area contributed by atoms with Crippen LogP contribution in [0.5, 0.6) is 0 Å². The fourth-order valence-corrected chi connectivity index (χ4v) is 1.06. The van der Waals surface area contributed by atoms with Gasteiger partial charge in [0.05, 0.1) is 6.54 Å². The second kappa shape index (κ2) is 5.36. The van der Waals surface area contributed by atoms with E-state index in [0.29, 0.717) is 12.4 Å². The minimum absolute atomic E-state index is 0.338. The maximum absolute atomic E-state index is 8.36. The van der Waals surface area contributed by atoms with Gasteiger partial charge in [-0.2, -0.15) is 0 Å². The van der Waals surface area contributed by atoms with Gasteiger partial charge in [-0.3, -0.25) is 0 Å². The second-order valence-corrected chi connectivity index (χ2v) is 2.58. The number of methoxy groups -OCH3 is 2. The van der Waals surface area contributed by atoms with Gasteiger partial charge in [0.25, 0.3) is 0 Å². The van der Waals surface area contributed by atoms with E-state index in [-0.39, 0.29) is 6.29 Å². The van der Waals surface area contributed by atoms with Gasteiger partial charge < -0.3 is 19.2 Å². The second-order valence-electron chi connectivity index (χ2n) is 2.58. The average Bonchev–Trinajstić information content (AvgIpc) is 2.62. The molecule has 6 nitrogen and oxygen atoms in total. The Morgan fingerprint density at radius 3 is 2.93 bits per heavy atom. The van der Waals surface area contributed by atoms with E-state index in [1.807, 2.05) is 0 Å². The van der Waals surface area contributed by atoms with Crippen LogP contribution in [0.15, 0.2) is 17.5 Å². The van der Waals surface area contributed by atoms with Gasteiger partial charge in [-0.25, -0.2) is 4.98 Å². The monoisotopic (exact) mass is 199 g/mol. The standard InChI is InChI=1S/C8H13N3O3/c1-13-8(14-2)6-11-4-3-9-7(11)5-10-12/h3-5,8,12H,6H2,1-2H3/b10-5-. The van der Waals surface area contributed by atoms with Gasteiger partial charge in [0.2, 0.25) is 0 Å². The van der Waals surface area contributed by atoms with Gasteiger partial charge in [0.1, 0.15) is 6.21 Å². The van der Waals surface area contributed by atoms with Crippen LogP contribution in [0.2, 0.25) is 0 Å². The van der Waals surface area contributed by atoms with E-state index in [9.17, 15) is 0 Å². The molecule has 0 amide bonds. The maximum Gasteiger partial charge on any atom is 0.174 e. The molecule has 0 saturated carbocycles. The summed E-state index contributed by atoms with van der Waals surface area (Å²) in [4.78, 5) is 3.97. The van der Waals surface area contributed by atoms with E-state index in [1.54, 1.807) is 31.2 Å². The van der Waals surface area contributed by atoms with Crippen molar-refractivity contribution in [2.75, 3.05) is 14.2 Å². The summed E-state index contributed by atoms with van der Waals surface area (Å²) >= 11 is 0. The number of hydrogen-bond acceptors (Lipinski definition) is 5. The van der Waals surface area contributed by atoms with E-state index >= 15 is 0 Å². The molecule has 78 valence electrons. The molecule has 0 aliphatic heterocycles. The lowest BCUT2D eigenvalue weighted by molar-refractivity contribution is -0.111. The van der Waals surface area contributed by atoms with Gasteiger partial charge in [0, 0.05) is 26.6 Å². The lowest BCUT2D eigenvalue weighted by Gasteiger charge is -2.14. The maximum atomic E-state index is 8.36. The average molecular weight is 199 g/mol. The molecule has 0 aliphatic rings. The fourth-order valence-electron chi connectivity index (χ4n) is 1.06. The molecule has 1 aromatic heterocycles. The van der Waals surface area contributed by atoms with Gasteiger partial charge in [-0.05, 0) is 0 Å². The number of ether oxygens (including phenoxy) is 2. The molecular weight excluding hydrogens is 186 g/mol. The summed E-state index contributed by atoms with van der Waals surface area (Å²) in [6.45, 7) is 0.494. The first-order valence-corrected chi connectivity index (χ1v) is 4.06. The van der Waals surface area contributed by atoms with Crippen molar-refractivity contribution in [2.24, 2.45) is 5.16 Å². The summed E-state index contributed by atoms with van der Waals surface area (Å²) in [6.07, 6.45) is 4.28. The Morgan fingerprint density at radius 2 is 2.36 bits per heavy atom. The van der Waals surface area contributed by atoms with Crippen molar-refractivity contribution in [1.29, 1.82) is 0 Å². The molecule has 1 rings (SSSR count). The van der Waals surface area contributed by atoms with E-state index in [1.165, 1.54) is 6.21 Å². The molecule has 6 heteroatoms. The van der Waals surface area contributed by atoms with Crippen LogP contribution in [0.25, 0.3) is 0 Å². The highest BCUT2D eigenvalue weighted by Gasteiger charge is 2.08. The Kier molecular flexibility index (Phi) is 4.09. The van der Waals surface area contributed by atoms with Gasteiger partial charge in [-0.1, -0.05) is 5.16 Å². The van der Waals surface area contributed by atoms with Crippen molar-refractivity contribution in [2.45, 2.75) is 12.8 Å². The molecule has 1 aromatic rings. The van der Waals surface area contributed by atoms with Crippen molar-refractivity contribution >= 4 is 6.21 Å². The van der Waals surface area contributed by atoms with E-state index in [2.05, 4.69) is 10.1 Å². The van der Waals surface area contributed by atoms with Crippen LogP contribution in [0, 0.1) is 0 Å². The van der Waals surface area contributed by atoms with Crippen molar-refractivity contribution < 1.29 is 14.7 Å². The zero-order valence-corrected chi connectivity index (χ0v) is 8.12. The van der Waals surface area contributed by atoms with Crippen LogP contribution in [-0.2, 0) is 16.0 Å². The highest BCUT2D eigenvalue weighted by molar-refractivity contribution is 5.74. The number of nitrogens with zero attached hydrogens (tertiary/aromatic N) is 3. The normalized spacial score (nSPS) is 11.6. The van der Waals surface area contributed by atoms with Gasteiger partial charge in [0.15, 0.2) is 12.1 Å². The molecule has 0 bridgehead atoms. The molecule has 0 fully saturated rings. The fraction of sp³-hybridized carbons (Fsp3) is 0.500. The SMILES string of the molecule is COC(Cn1ccnc1/C=N\O)OC. The number of rotatable bonds is 5. The van der Waals surface area contributed by atoms with Crippen molar-refractivity contribution in [3.63, 3.8) is 0 Å². The number of hydrogen-bond donors (Lipinski definition) is 1. The first-order chi connectivity index (χ1) is 6.81. The quantitative estimate of drug-likeness (QED) is 0.321. The highest BCUT2D eigenvalue weighted by Crippen LogP contribution is 2.00. The third kappa shape index (κ3) is 2.54. The Balaban J connectivity index is 2.69. The third-order valence-electron chi connectivity index (χ3n) is 1.79. The van der Waals surface area contributed by atoms with E-state index < -0.39 is 0 Å². The van der Waals surface area contributed by atoms with Crippen LogP contribution in [-0.4, -0.2) is 41.5 Å². The molecule has 1 heterocycles. The lowest BCUT2D eigenvalue weighted by atomic mass is 10.5. The molecule has 0 radical (unpaired) electrons. The topological polar surface area (TPSA) is 68.9 Å². The molecular formula is C8H13N3O3. The summed E-state index contributed by atoms with van der Waals surface area (Å²) in [5, 5.41) is 11.3. The first kappa shape index (κ1) is 10.7. The van der Waals surface area contributed by atoms with Gasteiger partial charge in [-0.15, -0.1) is 0 Å².